The molecule has 0 aliphatic rings. The summed E-state index contributed by atoms with van der Waals surface area (Å²) in [4.78, 5) is 16.9. The first-order valence-electron chi connectivity index (χ1n) is 8.06. The first-order valence-corrected chi connectivity index (χ1v) is 8.44. The molecule has 4 rings (SSSR count). The van der Waals surface area contributed by atoms with E-state index in [2.05, 4.69) is 20.3 Å². The number of aromatic nitrogens is 6. The highest BCUT2D eigenvalue weighted by Crippen LogP contribution is 2.11. The minimum absolute atomic E-state index is 0.168. The molecule has 3 aromatic heterocycles. The zero-order valence-corrected chi connectivity index (χ0v) is 14.7. The average molecular weight is 371 g/mol. The molecule has 4 aromatic rings. The van der Waals surface area contributed by atoms with Crippen LogP contribution in [0.5, 0.6) is 0 Å². The molecule has 0 N–H and O–H groups in total. The molecule has 0 atom stereocenters. The van der Waals surface area contributed by atoms with Gasteiger partial charge in [-0.1, -0.05) is 28.9 Å². The number of nitrogens with zero attached hydrogens (tertiary/aromatic N) is 6. The van der Waals surface area contributed by atoms with Gasteiger partial charge in [-0.15, -0.1) is 9.73 Å². The predicted octanol–water partition coefficient (Wildman–Crippen LogP) is 2.07. The van der Waals surface area contributed by atoms with Crippen LogP contribution in [0, 0.1) is 6.92 Å². The van der Waals surface area contributed by atoms with Gasteiger partial charge in [-0.3, -0.25) is 9.36 Å². The molecule has 0 unspecified atom stereocenters. The van der Waals surface area contributed by atoms with Gasteiger partial charge in [0.05, 0.1) is 6.20 Å². The Balaban J connectivity index is 1.48. The molecular weight excluding hydrogens is 356 g/mol. The highest BCUT2D eigenvalue weighted by molar-refractivity contribution is 6.30. The van der Waals surface area contributed by atoms with Gasteiger partial charge in [0.2, 0.25) is 5.89 Å². The van der Waals surface area contributed by atoms with Gasteiger partial charge in [0.15, 0.2) is 11.3 Å². The Morgan fingerprint density at radius 1 is 1.15 bits per heavy atom. The summed E-state index contributed by atoms with van der Waals surface area (Å²) >= 11 is 5.88. The molecule has 0 spiro atoms. The molecule has 0 amide bonds. The van der Waals surface area contributed by atoms with Crippen molar-refractivity contribution in [2.75, 3.05) is 0 Å². The SMILES string of the molecule is Cc1cnn2ncn(Cc3nc(CCc4ccc(Cl)cc4)no3)c(=O)c12. The largest absolute Gasteiger partial charge is 0.337 e. The molecule has 26 heavy (non-hydrogen) atoms. The topological polar surface area (TPSA) is 91.1 Å². The molecule has 8 nitrogen and oxygen atoms in total. The van der Waals surface area contributed by atoms with Gasteiger partial charge in [0.25, 0.3) is 5.56 Å². The third-order valence-electron chi connectivity index (χ3n) is 4.06. The molecular formula is C17H15ClN6O2. The monoisotopic (exact) mass is 370 g/mol. The summed E-state index contributed by atoms with van der Waals surface area (Å²) in [6.07, 6.45) is 4.44. The Bertz CT molecular complexity index is 1110. The van der Waals surface area contributed by atoms with Gasteiger partial charge in [0, 0.05) is 17.0 Å². The molecule has 0 saturated heterocycles. The van der Waals surface area contributed by atoms with Crippen molar-refractivity contribution in [1.82, 2.24) is 29.5 Å². The first kappa shape index (κ1) is 16.5. The van der Waals surface area contributed by atoms with E-state index in [1.165, 1.54) is 15.5 Å². The van der Waals surface area contributed by atoms with Crippen LogP contribution in [0.25, 0.3) is 5.52 Å². The molecule has 0 aliphatic carbocycles. The summed E-state index contributed by atoms with van der Waals surface area (Å²) in [7, 11) is 0. The minimum Gasteiger partial charge on any atom is -0.337 e. The second-order valence-electron chi connectivity index (χ2n) is 5.96. The van der Waals surface area contributed by atoms with Crippen molar-refractivity contribution in [2.45, 2.75) is 26.3 Å². The van der Waals surface area contributed by atoms with Crippen LogP contribution in [-0.4, -0.2) is 29.5 Å². The highest BCUT2D eigenvalue weighted by Gasteiger charge is 2.12. The van der Waals surface area contributed by atoms with Gasteiger partial charge in [0.1, 0.15) is 12.9 Å². The van der Waals surface area contributed by atoms with Crippen LogP contribution in [0.15, 0.2) is 46.1 Å². The molecule has 0 radical (unpaired) electrons. The zero-order valence-electron chi connectivity index (χ0n) is 14.0. The summed E-state index contributed by atoms with van der Waals surface area (Å²) in [6, 6.07) is 7.65. The molecule has 132 valence electrons. The van der Waals surface area contributed by atoms with Gasteiger partial charge >= 0.3 is 0 Å². The number of hydrogen-bond acceptors (Lipinski definition) is 6. The van der Waals surface area contributed by atoms with Crippen molar-refractivity contribution in [3.05, 3.63) is 75.0 Å². The zero-order chi connectivity index (χ0) is 18.1. The highest BCUT2D eigenvalue weighted by atomic mass is 35.5. The van der Waals surface area contributed by atoms with E-state index in [1.54, 1.807) is 6.20 Å². The predicted molar refractivity (Wildman–Crippen MR) is 94.2 cm³/mol. The Morgan fingerprint density at radius 2 is 1.96 bits per heavy atom. The third-order valence-corrected chi connectivity index (χ3v) is 4.32. The van der Waals surface area contributed by atoms with E-state index in [0.717, 1.165) is 17.5 Å². The van der Waals surface area contributed by atoms with Gasteiger partial charge in [-0.25, -0.2) is 0 Å². The Morgan fingerprint density at radius 3 is 2.77 bits per heavy atom. The van der Waals surface area contributed by atoms with Crippen LogP contribution in [0.2, 0.25) is 5.02 Å². The summed E-state index contributed by atoms with van der Waals surface area (Å²) in [6.45, 7) is 1.98. The lowest BCUT2D eigenvalue weighted by atomic mass is 10.1. The fourth-order valence-corrected chi connectivity index (χ4v) is 2.81. The Hall–Kier alpha value is -3.00. The van der Waals surface area contributed by atoms with E-state index in [-0.39, 0.29) is 12.1 Å². The third kappa shape index (κ3) is 3.23. The second-order valence-corrected chi connectivity index (χ2v) is 6.40. The average Bonchev–Trinajstić information content (AvgIpc) is 3.24. The number of aryl methyl sites for hydroxylation is 3. The molecule has 1 aromatic carbocycles. The van der Waals surface area contributed by atoms with Crippen molar-refractivity contribution in [3.8, 4) is 0 Å². The standard InChI is InChI=1S/C17H15ClN6O2/c1-11-8-19-24-16(11)17(25)23(10-20-24)9-15-21-14(22-26-15)7-4-12-2-5-13(18)6-3-12/h2-3,5-6,8,10H,4,7,9H2,1H3. The van der Waals surface area contributed by atoms with Gasteiger partial charge in [-0.2, -0.15) is 10.1 Å². The summed E-state index contributed by atoms with van der Waals surface area (Å²) in [5, 5.41) is 12.8. The number of benzene rings is 1. The maximum atomic E-state index is 12.5. The quantitative estimate of drug-likeness (QED) is 0.534. The molecule has 0 aliphatic heterocycles. The van der Waals surface area contributed by atoms with Crippen molar-refractivity contribution < 1.29 is 4.52 Å². The summed E-state index contributed by atoms with van der Waals surface area (Å²) in [5.74, 6) is 0.957. The summed E-state index contributed by atoms with van der Waals surface area (Å²) < 4.78 is 8.01. The molecule has 9 heteroatoms. The van der Waals surface area contributed by atoms with Crippen LogP contribution in [0.3, 0.4) is 0 Å². The van der Waals surface area contributed by atoms with Crippen molar-refractivity contribution >= 4 is 17.1 Å². The molecule has 3 heterocycles. The van der Waals surface area contributed by atoms with E-state index in [1.807, 2.05) is 31.2 Å². The number of hydrogen-bond donors (Lipinski definition) is 0. The van der Waals surface area contributed by atoms with Gasteiger partial charge in [-0.05, 0) is 31.0 Å². The lowest BCUT2D eigenvalue weighted by Gasteiger charge is -2.01. The second kappa shape index (κ2) is 6.72. The van der Waals surface area contributed by atoms with Crippen LogP contribution in [0.4, 0.5) is 0 Å². The minimum atomic E-state index is -0.198. The van der Waals surface area contributed by atoms with E-state index >= 15 is 0 Å². The number of fused-ring (bicyclic) bond motifs is 1. The lowest BCUT2D eigenvalue weighted by molar-refractivity contribution is 0.363. The van der Waals surface area contributed by atoms with Crippen molar-refractivity contribution in [3.63, 3.8) is 0 Å². The lowest BCUT2D eigenvalue weighted by Crippen LogP contribution is -2.24. The Kier molecular flexibility index (Phi) is 4.26. The van der Waals surface area contributed by atoms with E-state index in [4.69, 9.17) is 16.1 Å². The first-order chi connectivity index (χ1) is 12.6. The van der Waals surface area contributed by atoms with Crippen LogP contribution >= 0.6 is 11.6 Å². The number of halogens is 1. The fourth-order valence-electron chi connectivity index (χ4n) is 2.68. The normalized spacial score (nSPS) is 11.3. The smallest absolute Gasteiger partial charge is 0.280 e. The van der Waals surface area contributed by atoms with E-state index in [9.17, 15) is 4.79 Å². The molecule has 0 saturated carbocycles. The van der Waals surface area contributed by atoms with Crippen molar-refractivity contribution in [2.24, 2.45) is 0 Å². The molecule has 0 bridgehead atoms. The van der Waals surface area contributed by atoms with Crippen LogP contribution in [0.1, 0.15) is 22.8 Å². The Labute approximate surface area is 153 Å². The van der Waals surface area contributed by atoms with Gasteiger partial charge < -0.3 is 4.52 Å². The van der Waals surface area contributed by atoms with Crippen LogP contribution in [-0.2, 0) is 19.4 Å². The van der Waals surface area contributed by atoms with Crippen molar-refractivity contribution in [1.29, 1.82) is 0 Å². The maximum Gasteiger partial charge on any atom is 0.280 e. The molecule has 0 fully saturated rings. The van der Waals surface area contributed by atoms with E-state index in [0.29, 0.717) is 28.7 Å². The number of rotatable bonds is 5. The fraction of sp³-hybridized carbons (Fsp3) is 0.235. The van der Waals surface area contributed by atoms with Crippen LogP contribution < -0.4 is 5.56 Å². The maximum absolute atomic E-state index is 12.5. The summed E-state index contributed by atoms with van der Waals surface area (Å²) in [5.41, 5.74) is 2.15. The van der Waals surface area contributed by atoms with E-state index < -0.39 is 0 Å².